The van der Waals surface area contributed by atoms with Crippen LogP contribution in [0, 0.1) is 13.8 Å². The molecule has 1 aromatic rings. The highest BCUT2D eigenvalue weighted by Gasteiger charge is 1.99. The van der Waals surface area contributed by atoms with Gasteiger partial charge in [0.2, 0.25) is 0 Å². The Kier molecular flexibility index (Phi) is 3.25. The SMILES string of the molecule is Cc1cc(NC(C)I)nc(C)n1. The first-order valence-electron chi connectivity index (χ1n) is 3.81. The van der Waals surface area contributed by atoms with Crippen LogP contribution in [0.4, 0.5) is 5.82 Å². The van der Waals surface area contributed by atoms with Crippen LogP contribution < -0.4 is 5.32 Å². The van der Waals surface area contributed by atoms with Crippen molar-refractivity contribution in [1.29, 1.82) is 0 Å². The van der Waals surface area contributed by atoms with Crippen molar-refractivity contribution in [2.24, 2.45) is 0 Å². The van der Waals surface area contributed by atoms with Gasteiger partial charge in [0, 0.05) is 11.8 Å². The van der Waals surface area contributed by atoms with Gasteiger partial charge in [-0.1, -0.05) is 22.6 Å². The van der Waals surface area contributed by atoms with Crippen molar-refractivity contribution in [2.75, 3.05) is 5.32 Å². The van der Waals surface area contributed by atoms with Crippen molar-refractivity contribution in [2.45, 2.75) is 24.8 Å². The molecule has 0 saturated carbocycles. The monoisotopic (exact) mass is 277 g/mol. The summed E-state index contributed by atoms with van der Waals surface area (Å²) in [7, 11) is 0. The van der Waals surface area contributed by atoms with Crippen LogP contribution in [-0.2, 0) is 0 Å². The van der Waals surface area contributed by atoms with E-state index in [4.69, 9.17) is 0 Å². The molecule has 0 saturated heterocycles. The van der Waals surface area contributed by atoms with Crippen molar-refractivity contribution < 1.29 is 0 Å². The molecule has 1 heterocycles. The van der Waals surface area contributed by atoms with E-state index in [2.05, 4.69) is 44.8 Å². The zero-order valence-electron chi connectivity index (χ0n) is 7.43. The standard InChI is InChI=1S/C8H12IN3/c1-5-4-8(11-6(2)9)12-7(3)10-5/h4,6H,1-3H3,(H,10,11,12). The number of hydrogen-bond donors (Lipinski definition) is 1. The van der Waals surface area contributed by atoms with Gasteiger partial charge < -0.3 is 5.32 Å². The molecule has 66 valence electrons. The van der Waals surface area contributed by atoms with E-state index in [1.165, 1.54) is 0 Å². The third-order valence-corrected chi connectivity index (χ3v) is 1.62. The smallest absolute Gasteiger partial charge is 0.130 e. The Balaban J connectivity index is 2.85. The Bertz CT molecular complexity index is 253. The van der Waals surface area contributed by atoms with Crippen LogP contribution in [0.2, 0.25) is 0 Å². The molecule has 1 aromatic heterocycles. The van der Waals surface area contributed by atoms with Crippen molar-refractivity contribution in [3.63, 3.8) is 0 Å². The molecule has 12 heavy (non-hydrogen) atoms. The second-order valence-corrected chi connectivity index (χ2v) is 4.57. The maximum Gasteiger partial charge on any atom is 0.130 e. The number of rotatable bonds is 2. The largest absolute Gasteiger partial charge is 0.359 e. The van der Waals surface area contributed by atoms with E-state index in [1.807, 2.05) is 19.9 Å². The molecule has 0 bridgehead atoms. The highest BCUT2D eigenvalue weighted by Crippen LogP contribution is 2.09. The molecule has 1 rings (SSSR count). The molecule has 0 radical (unpaired) electrons. The van der Waals surface area contributed by atoms with Gasteiger partial charge in [-0.3, -0.25) is 0 Å². The quantitative estimate of drug-likeness (QED) is 0.512. The highest BCUT2D eigenvalue weighted by atomic mass is 127. The fourth-order valence-corrected chi connectivity index (χ4v) is 1.31. The van der Waals surface area contributed by atoms with Crippen molar-refractivity contribution >= 4 is 28.4 Å². The lowest BCUT2D eigenvalue weighted by atomic mass is 10.4. The summed E-state index contributed by atoms with van der Waals surface area (Å²) in [5.41, 5.74) is 1.00. The Morgan fingerprint density at radius 1 is 1.42 bits per heavy atom. The fourth-order valence-electron chi connectivity index (χ4n) is 0.995. The van der Waals surface area contributed by atoms with Crippen LogP contribution in [0.3, 0.4) is 0 Å². The summed E-state index contributed by atoms with van der Waals surface area (Å²) < 4.78 is 0.385. The zero-order valence-corrected chi connectivity index (χ0v) is 9.58. The molecule has 0 fully saturated rings. The van der Waals surface area contributed by atoms with E-state index < -0.39 is 0 Å². The van der Waals surface area contributed by atoms with Gasteiger partial charge in [0.25, 0.3) is 0 Å². The van der Waals surface area contributed by atoms with Gasteiger partial charge in [0.1, 0.15) is 11.6 Å². The number of alkyl halides is 1. The average molecular weight is 277 g/mol. The lowest BCUT2D eigenvalue weighted by Gasteiger charge is -2.08. The first-order valence-corrected chi connectivity index (χ1v) is 5.05. The maximum absolute atomic E-state index is 4.25. The van der Waals surface area contributed by atoms with Crippen molar-refractivity contribution in [3.8, 4) is 0 Å². The predicted molar refractivity (Wildman–Crippen MR) is 58.6 cm³/mol. The van der Waals surface area contributed by atoms with Gasteiger partial charge in [-0.25, -0.2) is 9.97 Å². The van der Waals surface area contributed by atoms with E-state index in [-0.39, 0.29) is 0 Å². The van der Waals surface area contributed by atoms with Crippen molar-refractivity contribution in [1.82, 2.24) is 9.97 Å². The molecule has 4 heteroatoms. The van der Waals surface area contributed by atoms with E-state index in [1.54, 1.807) is 0 Å². The fraction of sp³-hybridized carbons (Fsp3) is 0.500. The molecule has 3 nitrogen and oxygen atoms in total. The number of halogens is 1. The van der Waals surface area contributed by atoms with Gasteiger partial charge >= 0.3 is 0 Å². The summed E-state index contributed by atoms with van der Waals surface area (Å²) in [5, 5.41) is 3.22. The Morgan fingerprint density at radius 2 is 2.08 bits per heavy atom. The first kappa shape index (κ1) is 9.70. The van der Waals surface area contributed by atoms with Crippen LogP contribution in [0.15, 0.2) is 6.07 Å². The number of aromatic nitrogens is 2. The lowest BCUT2D eigenvalue weighted by molar-refractivity contribution is 0.995. The van der Waals surface area contributed by atoms with Crippen LogP contribution >= 0.6 is 22.6 Å². The van der Waals surface area contributed by atoms with E-state index in [0.717, 1.165) is 17.3 Å². The Labute approximate surface area is 86.1 Å². The van der Waals surface area contributed by atoms with E-state index in [0.29, 0.717) is 4.05 Å². The summed E-state index contributed by atoms with van der Waals surface area (Å²) in [4.78, 5) is 8.44. The topological polar surface area (TPSA) is 37.8 Å². The molecule has 0 spiro atoms. The molecule has 1 N–H and O–H groups in total. The third-order valence-electron chi connectivity index (χ3n) is 1.31. The number of nitrogens with one attached hydrogen (secondary N) is 1. The van der Waals surface area contributed by atoms with Gasteiger partial charge in [-0.05, 0) is 20.8 Å². The van der Waals surface area contributed by atoms with Crippen molar-refractivity contribution in [3.05, 3.63) is 17.6 Å². The third kappa shape index (κ3) is 2.92. The molecular formula is C8H12IN3. The molecule has 0 aliphatic rings. The molecule has 1 unspecified atom stereocenters. The van der Waals surface area contributed by atoms with Crippen LogP contribution in [-0.4, -0.2) is 14.0 Å². The lowest BCUT2D eigenvalue weighted by Crippen LogP contribution is -2.08. The van der Waals surface area contributed by atoms with Gasteiger partial charge in [0.05, 0.1) is 4.05 Å². The molecule has 0 aliphatic heterocycles. The number of hydrogen-bond acceptors (Lipinski definition) is 3. The minimum atomic E-state index is 0.385. The summed E-state index contributed by atoms with van der Waals surface area (Å²) >= 11 is 2.30. The van der Waals surface area contributed by atoms with Crippen LogP contribution in [0.5, 0.6) is 0 Å². The number of nitrogens with zero attached hydrogens (tertiary/aromatic N) is 2. The second kappa shape index (κ2) is 4.02. The summed E-state index contributed by atoms with van der Waals surface area (Å²) in [5.74, 6) is 1.72. The van der Waals surface area contributed by atoms with Gasteiger partial charge in [-0.15, -0.1) is 0 Å². The predicted octanol–water partition coefficient (Wildman–Crippen LogP) is 2.29. The second-order valence-electron chi connectivity index (χ2n) is 2.70. The summed E-state index contributed by atoms with van der Waals surface area (Å²) in [6, 6.07) is 1.95. The van der Waals surface area contributed by atoms with Crippen LogP contribution in [0.25, 0.3) is 0 Å². The highest BCUT2D eigenvalue weighted by molar-refractivity contribution is 14.1. The molecule has 0 amide bonds. The minimum Gasteiger partial charge on any atom is -0.359 e. The molecule has 1 atom stereocenters. The average Bonchev–Trinajstić information content (AvgIpc) is 1.81. The minimum absolute atomic E-state index is 0.385. The van der Waals surface area contributed by atoms with E-state index >= 15 is 0 Å². The maximum atomic E-state index is 4.25. The number of anilines is 1. The number of aryl methyl sites for hydroxylation is 2. The van der Waals surface area contributed by atoms with Crippen LogP contribution in [0.1, 0.15) is 18.4 Å². The first-order chi connectivity index (χ1) is 5.58. The van der Waals surface area contributed by atoms with Gasteiger partial charge in [0.15, 0.2) is 0 Å². The summed E-state index contributed by atoms with van der Waals surface area (Å²) in [6.07, 6.45) is 0. The Morgan fingerprint density at radius 3 is 2.58 bits per heavy atom. The molecule has 0 aromatic carbocycles. The normalized spacial score (nSPS) is 12.7. The summed E-state index contributed by atoms with van der Waals surface area (Å²) in [6.45, 7) is 5.95. The molecule has 0 aliphatic carbocycles. The molecular weight excluding hydrogens is 265 g/mol. The van der Waals surface area contributed by atoms with E-state index in [9.17, 15) is 0 Å². The van der Waals surface area contributed by atoms with Gasteiger partial charge in [-0.2, -0.15) is 0 Å². The Hall–Kier alpha value is -0.390. The zero-order chi connectivity index (χ0) is 9.14.